The van der Waals surface area contributed by atoms with Crippen molar-refractivity contribution in [3.63, 3.8) is 0 Å². The van der Waals surface area contributed by atoms with E-state index in [1.165, 1.54) is 0 Å². The SMILES string of the molecule is COc1ccc(/C=N/NC(=O)c2ccc(NC(=O)c3ccccc3)cc2)c2ccccc12. The topological polar surface area (TPSA) is 79.8 Å². The monoisotopic (exact) mass is 423 g/mol. The average molecular weight is 423 g/mol. The van der Waals surface area contributed by atoms with Crippen LogP contribution in [-0.2, 0) is 0 Å². The van der Waals surface area contributed by atoms with E-state index in [4.69, 9.17) is 4.74 Å². The number of amides is 2. The van der Waals surface area contributed by atoms with Crippen molar-refractivity contribution in [3.05, 3.63) is 108 Å². The van der Waals surface area contributed by atoms with Crippen molar-refractivity contribution in [3.8, 4) is 5.75 Å². The van der Waals surface area contributed by atoms with E-state index in [0.29, 0.717) is 16.8 Å². The van der Waals surface area contributed by atoms with Crippen molar-refractivity contribution < 1.29 is 14.3 Å². The molecular formula is C26H21N3O3. The summed E-state index contributed by atoms with van der Waals surface area (Å²) in [5.41, 5.74) is 5.00. The Balaban J connectivity index is 1.41. The molecule has 6 nitrogen and oxygen atoms in total. The normalized spacial score (nSPS) is 10.8. The minimum Gasteiger partial charge on any atom is -0.496 e. The number of nitrogens with zero attached hydrogens (tertiary/aromatic N) is 1. The summed E-state index contributed by atoms with van der Waals surface area (Å²) >= 11 is 0. The molecule has 0 unspecified atom stereocenters. The predicted octanol–water partition coefficient (Wildman–Crippen LogP) is 4.86. The smallest absolute Gasteiger partial charge is 0.271 e. The van der Waals surface area contributed by atoms with Crippen LogP contribution in [0.4, 0.5) is 5.69 Å². The molecule has 6 heteroatoms. The fourth-order valence-corrected chi connectivity index (χ4v) is 3.31. The number of hydrogen-bond donors (Lipinski definition) is 2. The predicted molar refractivity (Wildman–Crippen MR) is 126 cm³/mol. The van der Waals surface area contributed by atoms with Crippen molar-refractivity contribution in [2.24, 2.45) is 5.10 Å². The summed E-state index contributed by atoms with van der Waals surface area (Å²) in [6, 6.07) is 27.1. The second-order valence-electron chi connectivity index (χ2n) is 7.00. The van der Waals surface area contributed by atoms with Gasteiger partial charge in [0.2, 0.25) is 0 Å². The lowest BCUT2D eigenvalue weighted by Gasteiger charge is -2.08. The Morgan fingerprint density at radius 2 is 1.41 bits per heavy atom. The Labute approximate surface area is 185 Å². The first-order valence-corrected chi connectivity index (χ1v) is 10.0. The molecule has 2 amide bonds. The number of ether oxygens (including phenoxy) is 1. The van der Waals surface area contributed by atoms with Gasteiger partial charge >= 0.3 is 0 Å². The number of fused-ring (bicyclic) bond motifs is 1. The van der Waals surface area contributed by atoms with Crippen LogP contribution in [0, 0.1) is 0 Å². The van der Waals surface area contributed by atoms with Crippen molar-refractivity contribution in [2.75, 3.05) is 12.4 Å². The van der Waals surface area contributed by atoms with Crippen LogP contribution < -0.4 is 15.5 Å². The van der Waals surface area contributed by atoms with Crippen LogP contribution >= 0.6 is 0 Å². The van der Waals surface area contributed by atoms with Gasteiger partial charge in [0.25, 0.3) is 11.8 Å². The zero-order valence-corrected chi connectivity index (χ0v) is 17.4. The minimum absolute atomic E-state index is 0.209. The highest BCUT2D eigenvalue weighted by Crippen LogP contribution is 2.27. The maximum Gasteiger partial charge on any atom is 0.271 e. The molecule has 0 heterocycles. The summed E-state index contributed by atoms with van der Waals surface area (Å²) in [6.07, 6.45) is 1.61. The van der Waals surface area contributed by atoms with Gasteiger partial charge in [0.05, 0.1) is 13.3 Å². The van der Waals surface area contributed by atoms with Crippen molar-refractivity contribution in [1.82, 2.24) is 5.43 Å². The van der Waals surface area contributed by atoms with E-state index in [1.807, 2.05) is 42.5 Å². The van der Waals surface area contributed by atoms with Crippen LogP contribution in [0.2, 0.25) is 0 Å². The summed E-state index contributed by atoms with van der Waals surface area (Å²) in [5, 5.41) is 8.85. The van der Waals surface area contributed by atoms with E-state index in [0.717, 1.165) is 22.1 Å². The first-order valence-electron chi connectivity index (χ1n) is 10.0. The number of methoxy groups -OCH3 is 1. The van der Waals surface area contributed by atoms with E-state index in [1.54, 1.807) is 61.9 Å². The summed E-state index contributed by atoms with van der Waals surface area (Å²) in [4.78, 5) is 24.6. The zero-order chi connectivity index (χ0) is 22.3. The Bertz CT molecular complexity index is 1280. The average Bonchev–Trinajstić information content (AvgIpc) is 2.85. The molecule has 0 radical (unpaired) electrons. The lowest BCUT2D eigenvalue weighted by molar-refractivity contribution is 0.0954. The fourth-order valence-electron chi connectivity index (χ4n) is 3.31. The van der Waals surface area contributed by atoms with Crippen LogP contribution in [0.1, 0.15) is 26.3 Å². The molecule has 0 aliphatic heterocycles. The fraction of sp³-hybridized carbons (Fsp3) is 0.0385. The molecular weight excluding hydrogens is 402 g/mol. The van der Waals surface area contributed by atoms with Gasteiger partial charge in [-0.2, -0.15) is 5.10 Å². The zero-order valence-electron chi connectivity index (χ0n) is 17.4. The molecule has 158 valence electrons. The van der Waals surface area contributed by atoms with Crippen LogP contribution in [0.5, 0.6) is 5.75 Å². The van der Waals surface area contributed by atoms with Crippen molar-refractivity contribution in [2.45, 2.75) is 0 Å². The number of hydrogen-bond acceptors (Lipinski definition) is 4. The highest BCUT2D eigenvalue weighted by molar-refractivity contribution is 6.05. The summed E-state index contributed by atoms with van der Waals surface area (Å²) < 4.78 is 5.40. The molecule has 2 N–H and O–H groups in total. The number of anilines is 1. The second-order valence-corrected chi connectivity index (χ2v) is 7.00. The summed E-state index contributed by atoms with van der Waals surface area (Å²) in [7, 11) is 1.63. The van der Waals surface area contributed by atoms with Gasteiger partial charge in [0, 0.05) is 27.8 Å². The van der Waals surface area contributed by atoms with Gasteiger partial charge in [0.1, 0.15) is 5.75 Å². The van der Waals surface area contributed by atoms with Crippen molar-refractivity contribution >= 4 is 34.5 Å². The van der Waals surface area contributed by atoms with E-state index in [2.05, 4.69) is 15.8 Å². The summed E-state index contributed by atoms with van der Waals surface area (Å²) in [5.74, 6) is 0.223. The van der Waals surface area contributed by atoms with E-state index >= 15 is 0 Å². The van der Waals surface area contributed by atoms with Gasteiger partial charge in [-0.15, -0.1) is 0 Å². The van der Waals surface area contributed by atoms with Gasteiger partial charge in [-0.1, -0.05) is 42.5 Å². The third-order valence-corrected chi connectivity index (χ3v) is 4.95. The van der Waals surface area contributed by atoms with Gasteiger partial charge in [-0.05, 0) is 53.9 Å². The minimum atomic E-state index is -0.347. The second kappa shape index (κ2) is 9.57. The van der Waals surface area contributed by atoms with Gasteiger partial charge < -0.3 is 10.1 Å². The maximum atomic E-state index is 12.4. The Hall–Kier alpha value is -4.45. The third kappa shape index (κ3) is 4.65. The standard InChI is InChI=1S/C26H21N3O3/c1-32-24-16-13-20(22-9-5-6-10-23(22)24)17-27-29-26(31)19-11-14-21(15-12-19)28-25(30)18-7-3-2-4-8-18/h2-17H,1H3,(H,28,30)(H,29,31)/b27-17+. The van der Waals surface area contributed by atoms with Gasteiger partial charge in [-0.25, -0.2) is 5.43 Å². The highest BCUT2D eigenvalue weighted by Gasteiger charge is 2.08. The number of hydrazone groups is 1. The molecule has 4 aromatic carbocycles. The first kappa shape index (κ1) is 20.8. The van der Waals surface area contributed by atoms with Gasteiger partial charge in [0.15, 0.2) is 0 Å². The molecule has 0 aliphatic carbocycles. The molecule has 4 aromatic rings. The third-order valence-electron chi connectivity index (χ3n) is 4.95. The van der Waals surface area contributed by atoms with E-state index in [-0.39, 0.29) is 11.8 Å². The van der Waals surface area contributed by atoms with Crippen molar-refractivity contribution in [1.29, 1.82) is 0 Å². The number of nitrogens with one attached hydrogen (secondary N) is 2. The molecule has 4 rings (SSSR count). The molecule has 0 aromatic heterocycles. The Morgan fingerprint density at radius 3 is 2.12 bits per heavy atom. The maximum absolute atomic E-state index is 12.4. The number of carbonyl (C=O) groups is 2. The number of rotatable bonds is 6. The number of carbonyl (C=O) groups excluding carboxylic acids is 2. The van der Waals surface area contributed by atoms with E-state index < -0.39 is 0 Å². The molecule has 0 saturated carbocycles. The van der Waals surface area contributed by atoms with Gasteiger partial charge in [-0.3, -0.25) is 9.59 Å². The molecule has 0 saturated heterocycles. The largest absolute Gasteiger partial charge is 0.496 e. The first-order chi connectivity index (χ1) is 15.7. The highest BCUT2D eigenvalue weighted by atomic mass is 16.5. The Kier molecular flexibility index (Phi) is 6.22. The van der Waals surface area contributed by atoms with Crippen LogP contribution in [0.25, 0.3) is 10.8 Å². The van der Waals surface area contributed by atoms with E-state index in [9.17, 15) is 9.59 Å². The molecule has 0 aliphatic rings. The van der Waals surface area contributed by atoms with Crippen LogP contribution in [-0.4, -0.2) is 25.1 Å². The van der Waals surface area contributed by atoms with Crippen LogP contribution in [0.3, 0.4) is 0 Å². The molecule has 0 spiro atoms. The lowest BCUT2D eigenvalue weighted by Crippen LogP contribution is -2.18. The Morgan fingerprint density at radius 1 is 0.750 bits per heavy atom. The van der Waals surface area contributed by atoms with Crippen LogP contribution in [0.15, 0.2) is 96.1 Å². The summed E-state index contributed by atoms with van der Waals surface area (Å²) in [6.45, 7) is 0. The molecule has 32 heavy (non-hydrogen) atoms. The number of benzene rings is 4. The molecule has 0 fully saturated rings. The quantitative estimate of drug-likeness (QED) is 0.343. The molecule has 0 bridgehead atoms. The lowest BCUT2D eigenvalue weighted by atomic mass is 10.0. The molecule has 0 atom stereocenters.